The number of benzene rings is 1. The Labute approximate surface area is 118 Å². The predicted octanol–water partition coefficient (Wildman–Crippen LogP) is 0.208. The first-order valence-corrected chi connectivity index (χ1v) is 7.80. The molecule has 2 rings (SSSR count). The Kier molecular flexibility index (Phi) is 4.06. The van der Waals surface area contributed by atoms with E-state index >= 15 is 0 Å². The summed E-state index contributed by atoms with van der Waals surface area (Å²) in [6.45, 7) is 0.558. The topological polar surface area (TPSA) is 90.3 Å². The first-order valence-electron chi connectivity index (χ1n) is 6.15. The SMILES string of the molecule is CN1CCC(NS(=O)(=O)Cc2ccc(C#N)cc2)C1=O. The van der Waals surface area contributed by atoms with E-state index in [9.17, 15) is 13.2 Å². The van der Waals surface area contributed by atoms with Crippen molar-refractivity contribution in [1.82, 2.24) is 9.62 Å². The summed E-state index contributed by atoms with van der Waals surface area (Å²) in [5.74, 6) is -0.403. The maximum Gasteiger partial charge on any atom is 0.240 e. The van der Waals surface area contributed by atoms with Gasteiger partial charge in [0.05, 0.1) is 17.4 Å². The molecule has 1 aliphatic rings. The molecule has 1 aromatic carbocycles. The number of nitrogens with one attached hydrogen (secondary N) is 1. The van der Waals surface area contributed by atoms with Gasteiger partial charge in [-0.3, -0.25) is 4.79 Å². The minimum Gasteiger partial charge on any atom is -0.344 e. The number of rotatable bonds is 4. The number of nitrogens with zero attached hydrogens (tertiary/aromatic N) is 2. The van der Waals surface area contributed by atoms with Gasteiger partial charge in [0.1, 0.15) is 6.04 Å². The van der Waals surface area contributed by atoms with E-state index in [1.165, 1.54) is 4.90 Å². The van der Waals surface area contributed by atoms with Gasteiger partial charge in [-0.25, -0.2) is 13.1 Å². The van der Waals surface area contributed by atoms with E-state index in [4.69, 9.17) is 5.26 Å². The smallest absolute Gasteiger partial charge is 0.240 e. The van der Waals surface area contributed by atoms with Gasteiger partial charge in [0.2, 0.25) is 15.9 Å². The maximum absolute atomic E-state index is 12.0. The van der Waals surface area contributed by atoms with E-state index < -0.39 is 16.1 Å². The van der Waals surface area contributed by atoms with Crippen LogP contribution in [0.15, 0.2) is 24.3 Å². The fraction of sp³-hybridized carbons (Fsp3) is 0.385. The van der Waals surface area contributed by atoms with Crippen LogP contribution in [0, 0.1) is 11.3 Å². The molecule has 1 fully saturated rings. The van der Waals surface area contributed by atoms with E-state index in [1.807, 2.05) is 6.07 Å². The van der Waals surface area contributed by atoms with Gasteiger partial charge < -0.3 is 4.90 Å². The zero-order chi connectivity index (χ0) is 14.8. The molecule has 0 aromatic heterocycles. The molecule has 1 saturated heterocycles. The highest BCUT2D eigenvalue weighted by molar-refractivity contribution is 7.88. The molecule has 1 aliphatic heterocycles. The molecule has 0 radical (unpaired) electrons. The predicted molar refractivity (Wildman–Crippen MR) is 73.0 cm³/mol. The van der Waals surface area contributed by atoms with Gasteiger partial charge in [0.15, 0.2) is 0 Å². The number of hydrogen-bond acceptors (Lipinski definition) is 4. The number of carbonyl (C=O) groups is 1. The molecule has 20 heavy (non-hydrogen) atoms. The highest BCUT2D eigenvalue weighted by Gasteiger charge is 2.32. The van der Waals surface area contributed by atoms with Crippen molar-refractivity contribution in [2.45, 2.75) is 18.2 Å². The number of nitriles is 1. The molecule has 106 valence electrons. The molecule has 1 atom stereocenters. The number of amides is 1. The Hall–Kier alpha value is -1.91. The number of sulfonamides is 1. The molecular formula is C13H15N3O3S. The summed E-state index contributed by atoms with van der Waals surface area (Å²) >= 11 is 0. The van der Waals surface area contributed by atoms with Gasteiger partial charge in [-0.05, 0) is 24.1 Å². The normalized spacial score (nSPS) is 19.1. The number of carbonyl (C=O) groups excluding carboxylic acids is 1. The third-order valence-electron chi connectivity index (χ3n) is 3.19. The minimum absolute atomic E-state index is 0.201. The van der Waals surface area contributed by atoms with Crippen molar-refractivity contribution < 1.29 is 13.2 Å². The third-order valence-corrected chi connectivity index (χ3v) is 4.55. The summed E-state index contributed by atoms with van der Waals surface area (Å²) in [7, 11) is -1.92. The largest absolute Gasteiger partial charge is 0.344 e. The molecule has 1 amide bonds. The number of likely N-dealkylation sites (N-methyl/N-ethyl adjacent to an activating group) is 1. The van der Waals surface area contributed by atoms with Gasteiger partial charge >= 0.3 is 0 Å². The van der Waals surface area contributed by atoms with Gasteiger partial charge in [-0.15, -0.1) is 0 Å². The highest BCUT2D eigenvalue weighted by atomic mass is 32.2. The van der Waals surface area contributed by atoms with E-state index in [-0.39, 0.29) is 11.7 Å². The first kappa shape index (κ1) is 14.5. The molecular weight excluding hydrogens is 278 g/mol. The van der Waals surface area contributed by atoms with Crippen molar-refractivity contribution in [2.24, 2.45) is 0 Å². The quantitative estimate of drug-likeness (QED) is 0.859. The lowest BCUT2D eigenvalue weighted by Gasteiger charge is -2.12. The second-order valence-corrected chi connectivity index (χ2v) is 6.54. The number of hydrogen-bond donors (Lipinski definition) is 1. The molecule has 6 nitrogen and oxygen atoms in total. The second-order valence-electron chi connectivity index (χ2n) is 4.79. The fourth-order valence-electron chi connectivity index (χ4n) is 2.09. The molecule has 1 N–H and O–H groups in total. The van der Waals surface area contributed by atoms with E-state index in [2.05, 4.69) is 4.72 Å². The highest BCUT2D eigenvalue weighted by Crippen LogP contribution is 2.12. The zero-order valence-electron chi connectivity index (χ0n) is 11.0. The van der Waals surface area contributed by atoms with Crippen molar-refractivity contribution in [3.63, 3.8) is 0 Å². The van der Waals surface area contributed by atoms with Crippen molar-refractivity contribution in [3.8, 4) is 6.07 Å². The standard InChI is InChI=1S/C13H15N3O3S/c1-16-7-6-12(13(16)17)15-20(18,19)9-11-4-2-10(8-14)3-5-11/h2-5,12,15H,6-7,9H2,1H3. The van der Waals surface area contributed by atoms with E-state index in [1.54, 1.807) is 31.3 Å². The van der Waals surface area contributed by atoms with Crippen LogP contribution in [0.4, 0.5) is 0 Å². The lowest BCUT2D eigenvalue weighted by molar-refractivity contribution is -0.127. The van der Waals surface area contributed by atoms with E-state index in [0.29, 0.717) is 24.1 Å². The van der Waals surface area contributed by atoms with Crippen LogP contribution in [0.2, 0.25) is 0 Å². The van der Waals surface area contributed by atoms with Crippen LogP contribution in [-0.4, -0.2) is 38.9 Å². The van der Waals surface area contributed by atoms with Crippen LogP contribution in [0.5, 0.6) is 0 Å². The van der Waals surface area contributed by atoms with Crippen LogP contribution in [0.25, 0.3) is 0 Å². The summed E-state index contributed by atoms with van der Waals surface area (Å²) in [5.41, 5.74) is 1.06. The minimum atomic E-state index is -3.57. The number of likely N-dealkylation sites (tertiary alicyclic amines) is 1. The van der Waals surface area contributed by atoms with Crippen LogP contribution in [0.1, 0.15) is 17.5 Å². The van der Waals surface area contributed by atoms with Crippen LogP contribution in [0.3, 0.4) is 0 Å². The van der Waals surface area contributed by atoms with Crippen molar-refractivity contribution >= 4 is 15.9 Å². The van der Waals surface area contributed by atoms with Gasteiger partial charge in [0.25, 0.3) is 0 Å². The van der Waals surface area contributed by atoms with Crippen LogP contribution >= 0.6 is 0 Å². The average Bonchev–Trinajstić information content (AvgIpc) is 2.71. The van der Waals surface area contributed by atoms with Crippen LogP contribution < -0.4 is 4.72 Å². The molecule has 1 unspecified atom stereocenters. The summed E-state index contributed by atoms with van der Waals surface area (Å²) < 4.78 is 26.5. The summed E-state index contributed by atoms with van der Waals surface area (Å²) in [5, 5.41) is 8.68. The Morgan fingerprint density at radius 3 is 2.55 bits per heavy atom. The van der Waals surface area contributed by atoms with Crippen molar-refractivity contribution in [3.05, 3.63) is 35.4 Å². The second kappa shape index (κ2) is 5.61. The van der Waals surface area contributed by atoms with Gasteiger partial charge in [0, 0.05) is 13.6 Å². The molecule has 1 aromatic rings. The molecule has 0 bridgehead atoms. The lowest BCUT2D eigenvalue weighted by Crippen LogP contribution is -2.41. The Morgan fingerprint density at radius 2 is 2.05 bits per heavy atom. The summed E-state index contributed by atoms with van der Waals surface area (Å²) in [4.78, 5) is 13.2. The van der Waals surface area contributed by atoms with Crippen molar-refractivity contribution in [1.29, 1.82) is 5.26 Å². The monoisotopic (exact) mass is 293 g/mol. The first-order chi connectivity index (χ1) is 9.41. The summed E-state index contributed by atoms with van der Waals surface area (Å²) in [6.07, 6.45) is 0.488. The Morgan fingerprint density at radius 1 is 1.40 bits per heavy atom. The van der Waals surface area contributed by atoms with Gasteiger partial charge in [-0.2, -0.15) is 5.26 Å². The Bertz CT molecular complexity index is 646. The molecule has 0 saturated carbocycles. The molecule has 7 heteroatoms. The lowest BCUT2D eigenvalue weighted by atomic mass is 10.2. The van der Waals surface area contributed by atoms with E-state index in [0.717, 1.165) is 0 Å². The molecule has 1 heterocycles. The maximum atomic E-state index is 12.0. The average molecular weight is 293 g/mol. The third kappa shape index (κ3) is 3.35. The zero-order valence-corrected chi connectivity index (χ0v) is 11.9. The Balaban J connectivity index is 2.04. The van der Waals surface area contributed by atoms with Gasteiger partial charge in [-0.1, -0.05) is 12.1 Å². The molecule has 0 aliphatic carbocycles. The summed E-state index contributed by atoms with van der Waals surface area (Å²) in [6, 6.07) is 7.64. The van der Waals surface area contributed by atoms with Crippen LogP contribution in [-0.2, 0) is 20.6 Å². The molecule has 0 spiro atoms. The van der Waals surface area contributed by atoms with Crippen molar-refractivity contribution in [2.75, 3.05) is 13.6 Å². The fourth-order valence-corrected chi connectivity index (χ4v) is 3.45.